The average Bonchev–Trinajstić information content (AvgIpc) is 2.69. The van der Waals surface area contributed by atoms with Gasteiger partial charge < -0.3 is 14.2 Å². The minimum atomic E-state index is -0.617. The highest BCUT2D eigenvalue weighted by molar-refractivity contribution is 5.90. The van der Waals surface area contributed by atoms with E-state index in [1.807, 2.05) is 30.3 Å². The minimum absolute atomic E-state index is 0.0565. The molecule has 27 heavy (non-hydrogen) atoms. The van der Waals surface area contributed by atoms with Crippen molar-refractivity contribution in [1.82, 2.24) is 0 Å². The summed E-state index contributed by atoms with van der Waals surface area (Å²) in [5.41, 5.74) is 0.694. The SMILES string of the molecule is COC(=O)CCCOc1cc(C(=O)OCc2ccccc2)ccc1[N+](=O)[O-]. The number of carbonyl (C=O) groups excluding carboxylic acids is 2. The Labute approximate surface area is 155 Å². The number of hydrogen-bond acceptors (Lipinski definition) is 7. The van der Waals surface area contributed by atoms with Crippen LogP contribution >= 0.6 is 0 Å². The largest absolute Gasteiger partial charge is 0.487 e. The van der Waals surface area contributed by atoms with Crippen molar-refractivity contribution in [1.29, 1.82) is 0 Å². The van der Waals surface area contributed by atoms with E-state index < -0.39 is 16.9 Å². The summed E-state index contributed by atoms with van der Waals surface area (Å²) in [6.07, 6.45) is 0.454. The molecular formula is C19H19NO7. The summed E-state index contributed by atoms with van der Waals surface area (Å²) >= 11 is 0. The van der Waals surface area contributed by atoms with Gasteiger partial charge in [0.1, 0.15) is 6.61 Å². The minimum Gasteiger partial charge on any atom is -0.487 e. The number of methoxy groups -OCH3 is 1. The van der Waals surface area contributed by atoms with Crippen LogP contribution in [0.1, 0.15) is 28.8 Å². The predicted octanol–water partition coefficient (Wildman–Crippen LogP) is 3.28. The van der Waals surface area contributed by atoms with E-state index in [1.165, 1.54) is 25.3 Å². The Morgan fingerprint density at radius 1 is 1.11 bits per heavy atom. The number of rotatable bonds is 9. The van der Waals surface area contributed by atoms with Gasteiger partial charge in [0.25, 0.3) is 0 Å². The van der Waals surface area contributed by atoms with Gasteiger partial charge in [-0.25, -0.2) is 4.79 Å². The van der Waals surface area contributed by atoms with Gasteiger partial charge in [0.15, 0.2) is 5.75 Å². The molecule has 0 aliphatic carbocycles. The molecule has 0 aromatic heterocycles. The lowest BCUT2D eigenvalue weighted by Crippen LogP contribution is -2.08. The molecule has 0 atom stereocenters. The van der Waals surface area contributed by atoms with Gasteiger partial charge in [-0.3, -0.25) is 14.9 Å². The van der Waals surface area contributed by atoms with Crippen LogP contribution < -0.4 is 4.74 Å². The fraction of sp³-hybridized carbons (Fsp3) is 0.263. The maximum absolute atomic E-state index is 12.2. The summed E-state index contributed by atoms with van der Waals surface area (Å²) in [7, 11) is 1.28. The highest BCUT2D eigenvalue weighted by Crippen LogP contribution is 2.28. The van der Waals surface area contributed by atoms with Gasteiger partial charge in [-0.15, -0.1) is 0 Å². The lowest BCUT2D eigenvalue weighted by Gasteiger charge is -2.09. The molecule has 0 fully saturated rings. The average molecular weight is 373 g/mol. The molecule has 0 saturated carbocycles. The van der Waals surface area contributed by atoms with Crippen molar-refractivity contribution in [3.63, 3.8) is 0 Å². The van der Waals surface area contributed by atoms with Crippen LogP contribution in [0.5, 0.6) is 5.75 Å². The third-order valence-electron chi connectivity index (χ3n) is 3.62. The Hall–Kier alpha value is -3.42. The van der Waals surface area contributed by atoms with Crippen LogP contribution in [0.4, 0.5) is 5.69 Å². The van der Waals surface area contributed by atoms with Crippen LogP contribution in [0, 0.1) is 10.1 Å². The zero-order valence-electron chi connectivity index (χ0n) is 14.8. The molecule has 0 aliphatic heterocycles. The number of nitrogens with zero attached hydrogens (tertiary/aromatic N) is 1. The molecule has 2 aromatic carbocycles. The van der Waals surface area contributed by atoms with Crippen LogP contribution in [-0.4, -0.2) is 30.6 Å². The monoisotopic (exact) mass is 373 g/mol. The standard InChI is InChI=1S/C19H19NO7/c1-25-18(21)8-5-11-26-17-12-15(9-10-16(17)20(23)24)19(22)27-13-14-6-3-2-4-7-14/h2-4,6-7,9-10,12H,5,8,11,13H2,1H3. The zero-order chi connectivity index (χ0) is 19.6. The molecule has 0 bridgehead atoms. The fourth-order valence-corrected chi connectivity index (χ4v) is 2.21. The molecule has 142 valence electrons. The highest BCUT2D eigenvalue weighted by atomic mass is 16.6. The number of carbonyl (C=O) groups is 2. The van der Waals surface area contributed by atoms with Crippen molar-refractivity contribution in [2.24, 2.45) is 0 Å². The summed E-state index contributed by atoms with van der Waals surface area (Å²) in [5, 5.41) is 11.1. The van der Waals surface area contributed by atoms with E-state index in [1.54, 1.807) is 0 Å². The number of nitro benzene ring substituents is 1. The molecule has 0 amide bonds. The van der Waals surface area contributed by atoms with Gasteiger partial charge in [0.2, 0.25) is 0 Å². The van der Waals surface area contributed by atoms with Gasteiger partial charge in [-0.05, 0) is 18.1 Å². The summed E-state index contributed by atoms with van der Waals surface area (Å²) in [4.78, 5) is 33.8. The van der Waals surface area contributed by atoms with E-state index in [9.17, 15) is 19.7 Å². The summed E-state index contributed by atoms with van der Waals surface area (Å²) in [6.45, 7) is 0.157. The summed E-state index contributed by atoms with van der Waals surface area (Å²) in [5.74, 6) is -1.07. The van der Waals surface area contributed by atoms with E-state index >= 15 is 0 Å². The molecule has 2 rings (SSSR count). The molecule has 8 heteroatoms. The molecule has 0 aliphatic rings. The lowest BCUT2D eigenvalue weighted by atomic mass is 10.2. The molecular weight excluding hydrogens is 354 g/mol. The van der Waals surface area contributed by atoms with Crippen LogP contribution in [0.2, 0.25) is 0 Å². The second-order valence-corrected chi connectivity index (χ2v) is 5.53. The maximum atomic E-state index is 12.2. The van der Waals surface area contributed by atoms with Gasteiger partial charge in [-0.2, -0.15) is 0 Å². The smallest absolute Gasteiger partial charge is 0.338 e. The highest BCUT2D eigenvalue weighted by Gasteiger charge is 2.19. The van der Waals surface area contributed by atoms with Crippen molar-refractivity contribution in [2.75, 3.05) is 13.7 Å². The van der Waals surface area contributed by atoms with E-state index in [0.717, 1.165) is 5.56 Å². The van der Waals surface area contributed by atoms with E-state index in [0.29, 0.717) is 6.42 Å². The topological polar surface area (TPSA) is 105 Å². The Kier molecular flexibility index (Phi) is 7.30. The van der Waals surface area contributed by atoms with E-state index in [2.05, 4.69) is 4.74 Å². The van der Waals surface area contributed by atoms with Crippen molar-refractivity contribution >= 4 is 17.6 Å². The van der Waals surface area contributed by atoms with Crippen LogP contribution in [-0.2, 0) is 20.9 Å². The fourth-order valence-electron chi connectivity index (χ4n) is 2.21. The summed E-state index contributed by atoms with van der Waals surface area (Å²) < 4.78 is 15.1. The Morgan fingerprint density at radius 2 is 1.85 bits per heavy atom. The number of benzene rings is 2. The molecule has 0 saturated heterocycles. The Bertz CT molecular complexity index is 805. The molecule has 0 unspecified atom stereocenters. The molecule has 2 aromatic rings. The molecule has 0 radical (unpaired) electrons. The van der Waals surface area contributed by atoms with Crippen molar-refractivity contribution in [3.05, 3.63) is 69.8 Å². The van der Waals surface area contributed by atoms with E-state index in [-0.39, 0.29) is 36.6 Å². The summed E-state index contributed by atoms with van der Waals surface area (Å²) in [6, 6.07) is 12.9. The molecule has 0 N–H and O–H groups in total. The Morgan fingerprint density at radius 3 is 2.52 bits per heavy atom. The van der Waals surface area contributed by atoms with Crippen LogP contribution in [0.25, 0.3) is 0 Å². The first kappa shape index (κ1) is 19.9. The number of esters is 2. The third-order valence-corrected chi connectivity index (χ3v) is 3.62. The predicted molar refractivity (Wildman–Crippen MR) is 95.4 cm³/mol. The van der Waals surface area contributed by atoms with Gasteiger partial charge in [0, 0.05) is 18.6 Å². The zero-order valence-corrected chi connectivity index (χ0v) is 14.8. The van der Waals surface area contributed by atoms with Gasteiger partial charge >= 0.3 is 17.6 Å². The number of ether oxygens (including phenoxy) is 3. The molecule has 0 spiro atoms. The van der Waals surface area contributed by atoms with Crippen LogP contribution in [0.3, 0.4) is 0 Å². The second kappa shape index (κ2) is 9.91. The number of hydrogen-bond donors (Lipinski definition) is 0. The Balaban J connectivity index is 2.03. The first-order valence-corrected chi connectivity index (χ1v) is 8.20. The normalized spacial score (nSPS) is 10.1. The van der Waals surface area contributed by atoms with Gasteiger partial charge in [-0.1, -0.05) is 30.3 Å². The van der Waals surface area contributed by atoms with E-state index in [4.69, 9.17) is 9.47 Å². The lowest BCUT2D eigenvalue weighted by molar-refractivity contribution is -0.385. The first-order valence-electron chi connectivity index (χ1n) is 8.20. The maximum Gasteiger partial charge on any atom is 0.338 e. The third kappa shape index (κ3) is 6.10. The van der Waals surface area contributed by atoms with Crippen LogP contribution in [0.15, 0.2) is 48.5 Å². The van der Waals surface area contributed by atoms with Gasteiger partial charge in [0.05, 0.1) is 24.2 Å². The quantitative estimate of drug-likeness (QED) is 0.287. The second-order valence-electron chi connectivity index (χ2n) is 5.53. The number of nitro groups is 1. The molecule has 0 heterocycles. The van der Waals surface area contributed by atoms with Crippen molar-refractivity contribution in [2.45, 2.75) is 19.4 Å². The first-order chi connectivity index (χ1) is 13.0. The van der Waals surface area contributed by atoms with Crippen molar-refractivity contribution in [3.8, 4) is 5.75 Å². The molecule has 8 nitrogen and oxygen atoms in total. The van der Waals surface area contributed by atoms with Crippen molar-refractivity contribution < 1.29 is 28.7 Å².